The number of fused-ring (bicyclic) bond motifs is 3. The summed E-state index contributed by atoms with van der Waals surface area (Å²) in [5.41, 5.74) is -4.42. The Morgan fingerprint density at radius 1 is 0.792 bits per heavy atom. The highest BCUT2D eigenvalue weighted by Gasteiger charge is 2.48. The predicted octanol–water partition coefficient (Wildman–Crippen LogP) is 2.22. The van der Waals surface area contributed by atoms with Crippen molar-refractivity contribution in [3.05, 3.63) is 60.7 Å². The molecule has 2 aromatic carbocycles. The zero-order chi connectivity index (χ0) is 17.8. The fourth-order valence-corrected chi connectivity index (χ4v) is 4.31. The Bertz CT molecular complexity index is 1060. The van der Waals surface area contributed by atoms with Crippen molar-refractivity contribution in [2.75, 3.05) is 0 Å². The number of hydrogen-bond acceptors (Lipinski definition) is 8. The van der Waals surface area contributed by atoms with E-state index in [2.05, 4.69) is 0 Å². The second kappa shape index (κ2) is 4.79. The molecule has 1 heterocycles. The van der Waals surface area contributed by atoms with Gasteiger partial charge >= 0.3 is 17.1 Å². The summed E-state index contributed by atoms with van der Waals surface area (Å²) < 4.78 is 25.0. The van der Waals surface area contributed by atoms with Gasteiger partial charge in [-0.3, -0.25) is 30.3 Å². The molecule has 1 aliphatic rings. The number of nitrogens with zero attached hydrogens (tertiary/aromatic N) is 3. The summed E-state index contributed by atoms with van der Waals surface area (Å²) in [4.78, 5) is 29.0. The third kappa shape index (κ3) is 1.86. The van der Waals surface area contributed by atoms with E-state index in [9.17, 15) is 38.8 Å². The van der Waals surface area contributed by atoms with Gasteiger partial charge in [0.05, 0.1) is 30.1 Å². The van der Waals surface area contributed by atoms with Crippen molar-refractivity contribution in [1.82, 2.24) is 0 Å². The van der Waals surface area contributed by atoms with Gasteiger partial charge in [0.25, 0.3) is 0 Å². The van der Waals surface area contributed by atoms with Crippen LogP contribution in [0.2, 0.25) is 0 Å². The standard InChI is InChI=1S/C12H5N3O8S/c16-13(17)7-5-9-10(12(15(20)21)11(7)14(18)19)6-3-1-2-4-8(6)24(9,22)23/h1-5H. The van der Waals surface area contributed by atoms with E-state index < -0.39 is 52.1 Å². The first-order valence-corrected chi connectivity index (χ1v) is 7.65. The molecule has 0 saturated heterocycles. The summed E-state index contributed by atoms with van der Waals surface area (Å²) in [5, 5.41) is 33.6. The number of hydrogen-bond donors (Lipinski definition) is 0. The molecule has 3 rings (SSSR count). The lowest BCUT2D eigenvalue weighted by Crippen LogP contribution is -2.05. The van der Waals surface area contributed by atoms with Crippen LogP contribution in [0.25, 0.3) is 11.1 Å². The molecule has 12 heteroatoms. The molecule has 122 valence electrons. The van der Waals surface area contributed by atoms with Crippen LogP contribution in [-0.2, 0) is 9.84 Å². The van der Waals surface area contributed by atoms with Gasteiger partial charge < -0.3 is 0 Å². The molecule has 0 bridgehead atoms. The number of nitro groups is 3. The maximum absolute atomic E-state index is 12.5. The molecule has 0 N–H and O–H groups in total. The highest BCUT2D eigenvalue weighted by atomic mass is 32.2. The van der Waals surface area contributed by atoms with Gasteiger partial charge in [0.2, 0.25) is 9.84 Å². The lowest BCUT2D eigenvalue weighted by Gasteiger charge is -2.03. The lowest BCUT2D eigenvalue weighted by atomic mass is 10.0. The Morgan fingerprint density at radius 3 is 1.92 bits per heavy atom. The second-order valence-corrected chi connectivity index (χ2v) is 6.62. The van der Waals surface area contributed by atoms with E-state index in [0.717, 1.165) is 0 Å². The quantitative estimate of drug-likeness (QED) is 0.512. The van der Waals surface area contributed by atoms with Crippen molar-refractivity contribution in [2.24, 2.45) is 0 Å². The summed E-state index contributed by atoms with van der Waals surface area (Å²) in [6, 6.07) is 5.69. The number of benzene rings is 2. The minimum atomic E-state index is -4.25. The first-order valence-electron chi connectivity index (χ1n) is 6.16. The van der Waals surface area contributed by atoms with Crippen molar-refractivity contribution < 1.29 is 23.2 Å². The van der Waals surface area contributed by atoms with E-state index in [1.165, 1.54) is 24.3 Å². The van der Waals surface area contributed by atoms with Crippen LogP contribution in [0.4, 0.5) is 17.1 Å². The Hall–Kier alpha value is -3.41. The van der Waals surface area contributed by atoms with Crippen molar-refractivity contribution >= 4 is 26.9 Å². The highest BCUT2D eigenvalue weighted by Crippen LogP contribution is 2.53. The van der Waals surface area contributed by atoms with E-state index in [1.54, 1.807) is 0 Å². The van der Waals surface area contributed by atoms with Gasteiger partial charge in [0.1, 0.15) is 0 Å². The van der Waals surface area contributed by atoms with Crippen molar-refractivity contribution in [3.63, 3.8) is 0 Å². The average Bonchev–Trinajstić information content (AvgIpc) is 2.74. The fourth-order valence-electron chi connectivity index (χ4n) is 2.62. The molecule has 2 aromatic rings. The van der Waals surface area contributed by atoms with Gasteiger partial charge in [0, 0.05) is 11.6 Å². The highest BCUT2D eigenvalue weighted by molar-refractivity contribution is 7.92. The van der Waals surface area contributed by atoms with E-state index in [-0.39, 0.29) is 10.5 Å². The summed E-state index contributed by atoms with van der Waals surface area (Å²) in [6.45, 7) is 0. The minimum Gasteiger partial charge on any atom is -0.258 e. The molecule has 0 radical (unpaired) electrons. The normalized spacial score (nSPS) is 13.8. The zero-order valence-electron chi connectivity index (χ0n) is 11.4. The molecule has 11 nitrogen and oxygen atoms in total. The maximum Gasteiger partial charge on any atom is 0.423 e. The Kier molecular flexibility index (Phi) is 3.09. The van der Waals surface area contributed by atoms with Crippen molar-refractivity contribution in [1.29, 1.82) is 0 Å². The van der Waals surface area contributed by atoms with Crippen LogP contribution in [0, 0.1) is 30.3 Å². The number of sulfone groups is 1. The van der Waals surface area contributed by atoms with Gasteiger partial charge in [0.15, 0.2) is 0 Å². The van der Waals surface area contributed by atoms with Crippen LogP contribution in [0.3, 0.4) is 0 Å². The zero-order valence-corrected chi connectivity index (χ0v) is 12.2. The average molecular weight is 351 g/mol. The van der Waals surface area contributed by atoms with Gasteiger partial charge in [-0.1, -0.05) is 18.2 Å². The molecular weight excluding hydrogens is 346 g/mol. The van der Waals surface area contributed by atoms with Crippen LogP contribution in [-0.4, -0.2) is 23.2 Å². The molecule has 1 aliphatic heterocycles. The van der Waals surface area contributed by atoms with Crippen molar-refractivity contribution in [2.45, 2.75) is 9.79 Å². The summed E-state index contributed by atoms with van der Waals surface area (Å²) in [6.07, 6.45) is 0. The van der Waals surface area contributed by atoms with Crippen LogP contribution in [0.1, 0.15) is 0 Å². The summed E-state index contributed by atoms with van der Waals surface area (Å²) in [7, 11) is -4.25. The minimum absolute atomic E-state index is 0.0998. The van der Waals surface area contributed by atoms with E-state index >= 15 is 0 Å². The molecule has 0 aromatic heterocycles. The third-order valence-electron chi connectivity index (χ3n) is 3.52. The van der Waals surface area contributed by atoms with Gasteiger partial charge in [-0.05, 0) is 6.07 Å². The first-order chi connectivity index (χ1) is 11.2. The molecule has 0 atom stereocenters. The molecule has 0 fully saturated rings. The Labute approximate surface area is 132 Å². The summed E-state index contributed by atoms with van der Waals surface area (Å²) in [5.74, 6) is 0. The van der Waals surface area contributed by atoms with E-state index in [0.29, 0.717) is 6.07 Å². The number of rotatable bonds is 3. The summed E-state index contributed by atoms with van der Waals surface area (Å²) >= 11 is 0. The van der Waals surface area contributed by atoms with Crippen LogP contribution in [0.5, 0.6) is 0 Å². The molecular formula is C12H5N3O8S. The van der Waals surface area contributed by atoms with Crippen LogP contribution in [0.15, 0.2) is 40.1 Å². The van der Waals surface area contributed by atoms with Gasteiger partial charge in [-0.25, -0.2) is 8.42 Å². The van der Waals surface area contributed by atoms with Gasteiger partial charge in [-0.15, -0.1) is 0 Å². The van der Waals surface area contributed by atoms with Gasteiger partial charge in [-0.2, -0.15) is 0 Å². The SMILES string of the molecule is O=[N+]([O-])c1cc2c(c([N+](=O)[O-])c1[N+](=O)[O-])-c1ccccc1S2(=O)=O. The molecule has 0 amide bonds. The van der Waals surface area contributed by atoms with E-state index in [1.807, 2.05) is 0 Å². The molecule has 0 spiro atoms. The van der Waals surface area contributed by atoms with Crippen molar-refractivity contribution in [3.8, 4) is 11.1 Å². The smallest absolute Gasteiger partial charge is 0.258 e. The predicted molar refractivity (Wildman–Crippen MR) is 77.3 cm³/mol. The fraction of sp³-hybridized carbons (Fsp3) is 0. The maximum atomic E-state index is 12.5. The first kappa shape index (κ1) is 15.5. The molecule has 24 heavy (non-hydrogen) atoms. The number of nitro benzene ring substituents is 3. The largest absolute Gasteiger partial charge is 0.423 e. The molecule has 0 aliphatic carbocycles. The lowest BCUT2D eigenvalue weighted by molar-refractivity contribution is -0.440. The topological polar surface area (TPSA) is 164 Å². The Balaban J connectivity index is 2.62. The van der Waals surface area contributed by atoms with Crippen LogP contribution >= 0.6 is 0 Å². The molecule has 0 unspecified atom stereocenters. The van der Waals surface area contributed by atoms with E-state index in [4.69, 9.17) is 0 Å². The Morgan fingerprint density at radius 2 is 1.38 bits per heavy atom. The van der Waals surface area contributed by atoms with Crippen LogP contribution < -0.4 is 0 Å². The third-order valence-corrected chi connectivity index (χ3v) is 5.35. The molecule has 0 saturated carbocycles. The monoisotopic (exact) mass is 351 g/mol. The second-order valence-electron chi connectivity index (χ2n) is 4.74.